The van der Waals surface area contributed by atoms with Crippen molar-refractivity contribution in [1.29, 1.82) is 0 Å². The molecule has 0 aliphatic carbocycles. The van der Waals surface area contributed by atoms with Gasteiger partial charge in [0.15, 0.2) is 0 Å². The lowest BCUT2D eigenvalue weighted by molar-refractivity contribution is 0.0827. The molecular weight excluding hydrogens is 208 g/mol. The zero-order chi connectivity index (χ0) is 12.0. The van der Waals surface area contributed by atoms with Crippen LogP contribution in [0.25, 0.3) is 0 Å². The average Bonchev–Trinajstić information content (AvgIpc) is 2.60. The molecule has 0 aromatic carbocycles. The molecule has 1 saturated heterocycles. The van der Waals surface area contributed by atoms with E-state index >= 15 is 0 Å². The number of hydrogen-bond acceptors (Lipinski definition) is 4. The number of rotatable bonds is 7. The summed E-state index contributed by atoms with van der Waals surface area (Å²) in [6.07, 6.45) is 2.95. The van der Waals surface area contributed by atoms with Gasteiger partial charge in [-0.15, -0.1) is 6.58 Å². The number of carbonyl (C=O) groups is 1. The second-order valence-electron chi connectivity index (χ2n) is 3.97. The van der Waals surface area contributed by atoms with Gasteiger partial charge in [0.25, 0.3) is 0 Å². The van der Waals surface area contributed by atoms with E-state index in [2.05, 4.69) is 17.9 Å². The van der Waals surface area contributed by atoms with Gasteiger partial charge in [0, 0.05) is 6.42 Å². The Hall–Kier alpha value is -1.29. The van der Waals surface area contributed by atoms with Crippen molar-refractivity contribution in [3.63, 3.8) is 0 Å². The van der Waals surface area contributed by atoms with Crippen LogP contribution in [0.15, 0.2) is 24.8 Å². The first-order valence-corrected chi connectivity index (χ1v) is 5.41. The SMILES string of the molecule is C=CCCC(=C)C[C@H](O)C[C@@H]1COC(=O)O1. The molecule has 0 unspecified atom stereocenters. The molecule has 4 nitrogen and oxygen atoms in total. The number of hydrogen-bond donors (Lipinski definition) is 1. The van der Waals surface area contributed by atoms with Gasteiger partial charge in [0.2, 0.25) is 0 Å². The van der Waals surface area contributed by atoms with E-state index in [0.29, 0.717) is 12.8 Å². The quantitative estimate of drug-likeness (QED) is 0.534. The maximum absolute atomic E-state index is 10.6. The van der Waals surface area contributed by atoms with Gasteiger partial charge in [0.1, 0.15) is 12.7 Å². The van der Waals surface area contributed by atoms with Crippen LogP contribution in [-0.2, 0) is 9.47 Å². The molecule has 90 valence electrons. The number of cyclic esters (lactones) is 2. The molecule has 0 spiro atoms. The topological polar surface area (TPSA) is 55.8 Å². The smallest absolute Gasteiger partial charge is 0.430 e. The Kier molecular flexibility index (Phi) is 5.05. The molecule has 16 heavy (non-hydrogen) atoms. The number of aliphatic hydroxyl groups is 1. The summed E-state index contributed by atoms with van der Waals surface area (Å²) in [5, 5.41) is 9.73. The van der Waals surface area contributed by atoms with E-state index in [-0.39, 0.29) is 12.7 Å². The third-order valence-electron chi connectivity index (χ3n) is 2.41. The first kappa shape index (κ1) is 12.8. The van der Waals surface area contributed by atoms with Gasteiger partial charge in [0.05, 0.1) is 6.10 Å². The van der Waals surface area contributed by atoms with Gasteiger partial charge in [-0.1, -0.05) is 18.2 Å². The van der Waals surface area contributed by atoms with Crippen molar-refractivity contribution in [3.8, 4) is 0 Å². The number of ether oxygens (including phenoxy) is 2. The maximum Gasteiger partial charge on any atom is 0.508 e. The molecule has 0 amide bonds. The molecule has 1 N–H and O–H groups in total. The Labute approximate surface area is 95.6 Å². The predicted molar refractivity (Wildman–Crippen MR) is 60.0 cm³/mol. The van der Waals surface area contributed by atoms with Gasteiger partial charge in [-0.3, -0.25) is 0 Å². The molecule has 2 atom stereocenters. The van der Waals surface area contributed by atoms with Crippen molar-refractivity contribution in [2.75, 3.05) is 6.61 Å². The van der Waals surface area contributed by atoms with E-state index in [4.69, 9.17) is 4.74 Å². The number of allylic oxidation sites excluding steroid dienone is 1. The first-order chi connectivity index (χ1) is 7.61. The fourth-order valence-corrected chi connectivity index (χ4v) is 1.61. The van der Waals surface area contributed by atoms with Crippen LogP contribution in [0.3, 0.4) is 0 Å². The van der Waals surface area contributed by atoms with Crippen LogP contribution in [0.2, 0.25) is 0 Å². The van der Waals surface area contributed by atoms with E-state index in [1.54, 1.807) is 0 Å². The predicted octanol–water partition coefficient (Wildman–Crippen LogP) is 2.19. The van der Waals surface area contributed by atoms with Crippen LogP contribution in [0.5, 0.6) is 0 Å². The van der Waals surface area contributed by atoms with Crippen molar-refractivity contribution < 1.29 is 19.4 Å². The Bertz CT molecular complexity index is 272. The van der Waals surface area contributed by atoms with Crippen molar-refractivity contribution in [2.45, 2.75) is 37.9 Å². The maximum atomic E-state index is 10.6. The Morgan fingerprint density at radius 3 is 3.00 bits per heavy atom. The second-order valence-corrected chi connectivity index (χ2v) is 3.97. The highest BCUT2D eigenvalue weighted by atomic mass is 16.8. The van der Waals surface area contributed by atoms with Gasteiger partial charge < -0.3 is 14.6 Å². The van der Waals surface area contributed by atoms with Crippen LogP contribution in [0.4, 0.5) is 4.79 Å². The summed E-state index contributed by atoms with van der Waals surface area (Å²) in [4.78, 5) is 10.6. The number of carbonyl (C=O) groups excluding carboxylic acids is 1. The summed E-state index contributed by atoms with van der Waals surface area (Å²) in [6.45, 7) is 7.73. The largest absolute Gasteiger partial charge is 0.508 e. The molecule has 1 heterocycles. The highest BCUT2D eigenvalue weighted by Crippen LogP contribution is 2.17. The zero-order valence-corrected chi connectivity index (χ0v) is 9.35. The minimum atomic E-state index is -0.650. The summed E-state index contributed by atoms with van der Waals surface area (Å²) in [5.41, 5.74) is 0.984. The molecular formula is C12H18O4. The van der Waals surface area contributed by atoms with Crippen LogP contribution in [-0.4, -0.2) is 30.1 Å². The zero-order valence-electron chi connectivity index (χ0n) is 9.35. The summed E-state index contributed by atoms with van der Waals surface area (Å²) in [7, 11) is 0. The normalized spacial score (nSPS) is 21.1. The Balaban J connectivity index is 2.19. The molecule has 1 rings (SSSR count). The molecule has 1 aliphatic heterocycles. The first-order valence-electron chi connectivity index (χ1n) is 5.41. The minimum absolute atomic E-state index is 0.231. The van der Waals surface area contributed by atoms with Crippen molar-refractivity contribution in [1.82, 2.24) is 0 Å². The van der Waals surface area contributed by atoms with Crippen molar-refractivity contribution in [2.24, 2.45) is 0 Å². The van der Waals surface area contributed by atoms with Crippen LogP contribution < -0.4 is 0 Å². The van der Waals surface area contributed by atoms with Crippen LogP contribution in [0.1, 0.15) is 25.7 Å². The fourth-order valence-electron chi connectivity index (χ4n) is 1.61. The van der Waals surface area contributed by atoms with Crippen LogP contribution >= 0.6 is 0 Å². The van der Waals surface area contributed by atoms with E-state index < -0.39 is 12.3 Å². The Morgan fingerprint density at radius 2 is 2.44 bits per heavy atom. The molecule has 0 aromatic rings. The third kappa shape index (κ3) is 4.49. The number of aliphatic hydroxyl groups excluding tert-OH is 1. The molecule has 0 saturated carbocycles. The van der Waals surface area contributed by atoms with Crippen LogP contribution in [0, 0.1) is 0 Å². The van der Waals surface area contributed by atoms with Crippen molar-refractivity contribution >= 4 is 6.16 Å². The molecule has 0 radical (unpaired) electrons. The lowest BCUT2D eigenvalue weighted by Gasteiger charge is -2.14. The highest BCUT2D eigenvalue weighted by molar-refractivity contribution is 5.61. The lowest BCUT2D eigenvalue weighted by atomic mass is 10.0. The highest BCUT2D eigenvalue weighted by Gasteiger charge is 2.27. The summed E-state index contributed by atoms with van der Waals surface area (Å²) >= 11 is 0. The summed E-state index contributed by atoms with van der Waals surface area (Å²) in [5.74, 6) is 0. The third-order valence-corrected chi connectivity index (χ3v) is 2.41. The monoisotopic (exact) mass is 226 g/mol. The summed E-state index contributed by atoms with van der Waals surface area (Å²) < 4.78 is 9.46. The molecule has 1 aliphatic rings. The van der Waals surface area contributed by atoms with E-state index in [0.717, 1.165) is 18.4 Å². The molecule has 0 bridgehead atoms. The molecule has 0 aromatic heterocycles. The van der Waals surface area contributed by atoms with E-state index in [1.165, 1.54) is 0 Å². The summed E-state index contributed by atoms with van der Waals surface area (Å²) in [6, 6.07) is 0. The van der Waals surface area contributed by atoms with Gasteiger partial charge in [-0.2, -0.15) is 0 Å². The van der Waals surface area contributed by atoms with Gasteiger partial charge in [-0.05, 0) is 19.3 Å². The van der Waals surface area contributed by atoms with Gasteiger partial charge >= 0.3 is 6.16 Å². The average molecular weight is 226 g/mol. The van der Waals surface area contributed by atoms with Gasteiger partial charge in [-0.25, -0.2) is 4.79 Å². The van der Waals surface area contributed by atoms with Crippen molar-refractivity contribution in [3.05, 3.63) is 24.8 Å². The fraction of sp³-hybridized carbons (Fsp3) is 0.583. The standard InChI is InChI=1S/C12H18O4/c1-3-4-5-9(2)6-10(13)7-11-8-15-12(14)16-11/h3,10-11,13H,1-2,4-8H2/t10-,11+/m0/s1. The van der Waals surface area contributed by atoms with E-state index in [1.807, 2.05) is 6.08 Å². The minimum Gasteiger partial charge on any atom is -0.430 e. The van der Waals surface area contributed by atoms with E-state index in [9.17, 15) is 9.90 Å². The lowest BCUT2D eigenvalue weighted by Crippen LogP contribution is -2.20. The Morgan fingerprint density at radius 1 is 1.69 bits per heavy atom. The molecule has 1 fully saturated rings. The molecule has 4 heteroatoms. The second kappa shape index (κ2) is 6.33.